The van der Waals surface area contributed by atoms with Crippen LogP contribution in [0, 0.1) is 0 Å². The molecule has 1 rings (SSSR count). The Morgan fingerprint density at radius 1 is 1.73 bits per heavy atom. The van der Waals surface area contributed by atoms with Crippen molar-refractivity contribution in [3.05, 3.63) is 0 Å². The number of ether oxygens (including phenoxy) is 1. The van der Waals surface area contributed by atoms with Crippen molar-refractivity contribution in [2.75, 3.05) is 26.3 Å². The lowest BCUT2D eigenvalue weighted by atomic mass is 10.3. The molecule has 0 spiro atoms. The zero-order valence-corrected chi connectivity index (χ0v) is 6.62. The molecule has 1 heterocycles. The van der Waals surface area contributed by atoms with E-state index in [1.807, 2.05) is 11.8 Å². The summed E-state index contributed by atoms with van der Waals surface area (Å²) in [6, 6.07) is -0.137. The number of aliphatic hydroxyl groups is 1. The average Bonchev–Trinajstić information content (AvgIpc) is 2.81. The Bertz CT molecular complexity index is 145. The first-order valence-corrected chi connectivity index (χ1v) is 3.77. The monoisotopic (exact) mass is 159 g/mol. The molecule has 1 atom stereocenters. The van der Waals surface area contributed by atoms with Crippen LogP contribution in [0.3, 0.4) is 0 Å². The van der Waals surface area contributed by atoms with E-state index in [0.717, 1.165) is 13.1 Å². The van der Waals surface area contributed by atoms with E-state index in [9.17, 15) is 4.79 Å². The molecule has 0 aliphatic carbocycles. The Balaban J connectivity index is 2.16. The molecule has 4 heteroatoms. The van der Waals surface area contributed by atoms with Gasteiger partial charge in [-0.25, -0.2) is 0 Å². The van der Waals surface area contributed by atoms with Crippen molar-refractivity contribution in [1.29, 1.82) is 0 Å². The molecule has 1 aliphatic heterocycles. The number of nitrogens with zero attached hydrogens (tertiary/aromatic N) is 1. The molecular formula is C7H13NO3. The summed E-state index contributed by atoms with van der Waals surface area (Å²) in [5, 5.41) is 8.36. The Morgan fingerprint density at radius 2 is 2.36 bits per heavy atom. The molecular weight excluding hydrogens is 146 g/mol. The molecule has 4 nitrogen and oxygen atoms in total. The van der Waals surface area contributed by atoms with Crippen molar-refractivity contribution >= 4 is 5.97 Å². The van der Waals surface area contributed by atoms with Crippen molar-refractivity contribution in [3.8, 4) is 0 Å². The maximum Gasteiger partial charge on any atom is 0.323 e. The molecule has 0 radical (unpaired) electrons. The van der Waals surface area contributed by atoms with Gasteiger partial charge in [0.15, 0.2) is 0 Å². The summed E-state index contributed by atoms with van der Waals surface area (Å²) >= 11 is 0. The largest absolute Gasteiger partial charge is 0.462 e. The van der Waals surface area contributed by atoms with Crippen LogP contribution in [0.1, 0.15) is 6.92 Å². The molecule has 0 aromatic rings. The number of esters is 1. The molecule has 1 unspecified atom stereocenters. The van der Waals surface area contributed by atoms with E-state index in [-0.39, 0.29) is 25.2 Å². The van der Waals surface area contributed by atoms with Crippen LogP contribution in [-0.4, -0.2) is 48.3 Å². The molecule has 0 saturated carbocycles. The maximum absolute atomic E-state index is 11.0. The quantitative estimate of drug-likeness (QED) is 0.432. The standard InChI is InChI=1S/C7H13NO3/c1-6(8-2-3-8)7(10)11-5-4-9/h6,9H,2-5H2,1H3. The zero-order chi connectivity index (χ0) is 8.27. The molecule has 64 valence electrons. The average molecular weight is 159 g/mol. The third kappa shape index (κ3) is 2.48. The number of aliphatic hydroxyl groups excluding tert-OH is 1. The van der Waals surface area contributed by atoms with Gasteiger partial charge in [-0.15, -0.1) is 0 Å². The van der Waals surface area contributed by atoms with E-state index >= 15 is 0 Å². The van der Waals surface area contributed by atoms with Gasteiger partial charge >= 0.3 is 5.97 Å². The normalized spacial score (nSPS) is 19.5. The van der Waals surface area contributed by atoms with E-state index in [1.54, 1.807) is 0 Å². The molecule has 1 fully saturated rings. The van der Waals surface area contributed by atoms with Crippen molar-refractivity contribution in [2.45, 2.75) is 13.0 Å². The molecule has 0 aromatic heterocycles. The smallest absolute Gasteiger partial charge is 0.323 e. The number of hydrogen-bond acceptors (Lipinski definition) is 4. The van der Waals surface area contributed by atoms with Crippen molar-refractivity contribution in [3.63, 3.8) is 0 Å². The van der Waals surface area contributed by atoms with Gasteiger partial charge in [0, 0.05) is 13.1 Å². The van der Waals surface area contributed by atoms with Gasteiger partial charge in [-0.2, -0.15) is 0 Å². The summed E-state index contributed by atoms with van der Waals surface area (Å²) in [5.74, 6) is -0.239. The predicted molar refractivity (Wildman–Crippen MR) is 39.1 cm³/mol. The van der Waals surface area contributed by atoms with E-state index in [4.69, 9.17) is 9.84 Å². The van der Waals surface area contributed by atoms with E-state index in [0.29, 0.717) is 0 Å². The summed E-state index contributed by atoms with van der Waals surface area (Å²) in [6.07, 6.45) is 0. The Hall–Kier alpha value is -0.610. The van der Waals surface area contributed by atoms with Crippen LogP contribution in [0.2, 0.25) is 0 Å². The Labute approximate surface area is 65.8 Å². The van der Waals surface area contributed by atoms with Crippen LogP contribution >= 0.6 is 0 Å². The lowest BCUT2D eigenvalue weighted by molar-refractivity contribution is -0.148. The Kier molecular flexibility index (Phi) is 2.84. The third-order valence-corrected chi connectivity index (χ3v) is 1.71. The molecule has 1 aliphatic rings. The number of carbonyl (C=O) groups is 1. The molecule has 0 bridgehead atoms. The fourth-order valence-electron chi connectivity index (χ4n) is 0.861. The highest BCUT2D eigenvalue weighted by molar-refractivity contribution is 5.75. The summed E-state index contributed by atoms with van der Waals surface area (Å²) in [6.45, 7) is 3.78. The molecule has 0 amide bonds. The minimum Gasteiger partial charge on any atom is -0.462 e. The van der Waals surface area contributed by atoms with Crippen molar-refractivity contribution < 1.29 is 14.6 Å². The van der Waals surface area contributed by atoms with Gasteiger partial charge in [0.05, 0.1) is 6.61 Å². The van der Waals surface area contributed by atoms with E-state index < -0.39 is 0 Å². The molecule has 11 heavy (non-hydrogen) atoms. The SMILES string of the molecule is CC(C(=O)OCCO)N1CC1. The second-order valence-corrected chi connectivity index (χ2v) is 2.60. The second kappa shape index (κ2) is 3.69. The van der Waals surface area contributed by atoms with Gasteiger partial charge in [0.2, 0.25) is 0 Å². The topological polar surface area (TPSA) is 49.5 Å². The number of rotatable bonds is 4. The number of carbonyl (C=O) groups excluding carboxylic acids is 1. The van der Waals surface area contributed by atoms with Gasteiger partial charge in [0.1, 0.15) is 12.6 Å². The van der Waals surface area contributed by atoms with Crippen LogP contribution in [0.25, 0.3) is 0 Å². The minimum atomic E-state index is -0.239. The first kappa shape index (κ1) is 8.49. The van der Waals surface area contributed by atoms with Gasteiger partial charge < -0.3 is 9.84 Å². The van der Waals surface area contributed by atoms with Crippen LogP contribution in [0.15, 0.2) is 0 Å². The molecule has 0 aromatic carbocycles. The molecule has 1 saturated heterocycles. The lowest BCUT2D eigenvalue weighted by Gasteiger charge is -2.10. The zero-order valence-electron chi connectivity index (χ0n) is 6.62. The fraction of sp³-hybridized carbons (Fsp3) is 0.857. The third-order valence-electron chi connectivity index (χ3n) is 1.71. The predicted octanol–water partition coefficient (Wildman–Crippen LogP) is -0.774. The fourth-order valence-corrected chi connectivity index (χ4v) is 0.861. The van der Waals surface area contributed by atoms with E-state index in [1.165, 1.54) is 0 Å². The van der Waals surface area contributed by atoms with Gasteiger partial charge in [-0.3, -0.25) is 9.69 Å². The summed E-state index contributed by atoms with van der Waals surface area (Å²) in [5.41, 5.74) is 0. The van der Waals surface area contributed by atoms with Gasteiger partial charge in [-0.1, -0.05) is 0 Å². The van der Waals surface area contributed by atoms with E-state index in [2.05, 4.69) is 0 Å². The summed E-state index contributed by atoms with van der Waals surface area (Å²) in [4.78, 5) is 13.0. The highest BCUT2D eigenvalue weighted by atomic mass is 16.5. The van der Waals surface area contributed by atoms with Crippen LogP contribution in [-0.2, 0) is 9.53 Å². The highest BCUT2D eigenvalue weighted by Crippen LogP contribution is 2.10. The molecule has 1 N–H and O–H groups in total. The maximum atomic E-state index is 11.0. The van der Waals surface area contributed by atoms with Crippen molar-refractivity contribution in [2.24, 2.45) is 0 Å². The summed E-state index contributed by atoms with van der Waals surface area (Å²) in [7, 11) is 0. The summed E-state index contributed by atoms with van der Waals surface area (Å²) < 4.78 is 4.72. The highest BCUT2D eigenvalue weighted by Gasteiger charge is 2.29. The van der Waals surface area contributed by atoms with Crippen LogP contribution in [0.5, 0.6) is 0 Å². The van der Waals surface area contributed by atoms with Crippen LogP contribution in [0.4, 0.5) is 0 Å². The second-order valence-electron chi connectivity index (χ2n) is 2.60. The lowest BCUT2D eigenvalue weighted by Crippen LogP contribution is -2.28. The first-order chi connectivity index (χ1) is 5.25. The van der Waals surface area contributed by atoms with Gasteiger partial charge in [-0.05, 0) is 6.92 Å². The number of hydrogen-bond donors (Lipinski definition) is 1. The van der Waals surface area contributed by atoms with Gasteiger partial charge in [0.25, 0.3) is 0 Å². The minimum absolute atomic E-state index is 0.0987. The van der Waals surface area contributed by atoms with Crippen LogP contribution < -0.4 is 0 Å². The van der Waals surface area contributed by atoms with Crippen molar-refractivity contribution in [1.82, 2.24) is 4.90 Å². The first-order valence-electron chi connectivity index (χ1n) is 3.77. The Morgan fingerprint density at radius 3 is 2.82 bits per heavy atom.